The number of quaternary nitrogens is 1. The molecular weight excluding hydrogens is 320 g/mol. The van der Waals surface area contributed by atoms with Gasteiger partial charge in [-0.05, 0) is 31.2 Å². The molecule has 0 radical (unpaired) electrons. The maximum Gasteiger partial charge on any atom is 0.274 e. The summed E-state index contributed by atoms with van der Waals surface area (Å²) in [4.78, 5) is 15.9. The fourth-order valence-corrected chi connectivity index (χ4v) is 3.37. The number of amides is 1. The van der Waals surface area contributed by atoms with Crippen LogP contribution in [0.15, 0.2) is 24.3 Å². The molecule has 25 heavy (non-hydrogen) atoms. The number of rotatable bonds is 3. The third-order valence-corrected chi connectivity index (χ3v) is 4.98. The first-order valence-electron chi connectivity index (χ1n) is 8.62. The summed E-state index contributed by atoms with van der Waals surface area (Å²) in [7, 11) is 1.86. The number of piperazine rings is 1. The number of hydrogen-bond donors (Lipinski definition) is 1. The lowest BCUT2D eigenvalue weighted by Gasteiger charge is -2.31. The second-order valence-corrected chi connectivity index (χ2v) is 6.70. The van der Waals surface area contributed by atoms with Gasteiger partial charge in [0.05, 0.1) is 26.2 Å². The van der Waals surface area contributed by atoms with E-state index in [0.29, 0.717) is 12.5 Å². The van der Waals surface area contributed by atoms with E-state index in [1.807, 2.05) is 31.0 Å². The summed E-state index contributed by atoms with van der Waals surface area (Å²) >= 11 is 0. The Hall–Kier alpha value is -2.54. The monoisotopic (exact) mass is 343 g/mol. The van der Waals surface area contributed by atoms with E-state index in [4.69, 9.17) is 9.47 Å². The van der Waals surface area contributed by atoms with Crippen molar-refractivity contribution in [3.63, 3.8) is 0 Å². The SMILES string of the molecule is Cc1cc(C(=O)N2CC[NH+](Cc3ccc4c(c3)OCO4)CC2)nn1C. The van der Waals surface area contributed by atoms with E-state index in [2.05, 4.69) is 17.2 Å². The number of nitrogens with zero attached hydrogens (tertiary/aromatic N) is 3. The first-order chi connectivity index (χ1) is 12.1. The number of aromatic nitrogens is 2. The molecule has 0 saturated carbocycles. The molecule has 2 aliphatic heterocycles. The highest BCUT2D eigenvalue weighted by atomic mass is 16.7. The van der Waals surface area contributed by atoms with Gasteiger partial charge in [-0.2, -0.15) is 5.10 Å². The molecule has 2 aromatic rings. The fraction of sp³-hybridized carbons (Fsp3) is 0.444. The van der Waals surface area contributed by atoms with Crippen molar-refractivity contribution in [3.8, 4) is 11.5 Å². The Kier molecular flexibility index (Phi) is 4.09. The van der Waals surface area contributed by atoms with E-state index < -0.39 is 0 Å². The molecule has 7 nitrogen and oxygen atoms in total. The average Bonchev–Trinajstić information content (AvgIpc) is 3.21. The number of benzene rings is 1. The van der Waals surface area contributed by atoms with Crippen molar-refractivity contribution in [2.24, 2.45) is 7.05 Å². The van der Waals surface area contributed by atoms with Crippen molar-refractivity contribution in [1.29, 1.82) is 0 Å². The van der Waals surface area contributed by atoms with Gasteiger partial charge in [0, 0.05) is 18.3 Å². The Labute approximate surface area is 146 Å². The molecular formula is C18H23N4O3+. The normalized spacial score (nSPS) is 17.1. The Morgan fingerprint density at radius 2 is 1.96 bits per heavy atom. The van der Waals surface area contributed by atoms with Gasteiger partial charge in [0.15, 0.2) is 17.2 Å². The molecule has 0 atom stereocenters. The summed E-state index contributed by atoms with van der Waals surface area (Å²) in [5.41, 5.74) is 2.77. The predicted molar refractivity (Wildman–Crippen MR) is 90.8 cm³/mol. The molecule has 1 N–H and O–H groups in total. The van der Waals surface area contributed by atoms with Gasteiger partial charge in [0.1, 0.15) is 6.54 Å². The van der Waals surface area contributed by atoms with E-state index in [-0.39, 0.29) is 5.91 Å². The van der Waals surface area contributed by atoms with E-state index in [0.717, 1.165) is 49.9 Å². The Morgan fingerprint density at radius 1 is 1.20 bits per heavy atom. The number of carbonyl (C=O) groups is 1. The summed E-state index contributed by atoms with van der Waals surface area (Å²) < 4.78 is 12.5. The van der Waals surface area contributed by atoms with E-state index in [9.17, 15) is 4.79 Å². The van der Waals surface area contributed by atoms with Gasteiger partial charge in [0.2, 0.25) is 6.79 Å². The summed E-state index contributed by atoms with van der Waals surface area (Å²) in [6, 6.07) is 7.98. The van der Waals surface area contributed by atoms with Crippen LogP contribution in [0.2, 0.25) is 0 Å². The number of fused-ring (bicyclic) bond motifs is 1. The van der Waals surface area contributed by atoms with Gasteiger partial charge in [-0.15, -0.1) is 0 Å². The second kappa shape index (κ2) is 6.40. The average molecular weight is 343 g/mol. The third kappa shape index (κ3) is 3.19. The van der Waals surface area contributed by atoms with E-state index in [1.165, 1.54) is 10.5 Å². The Balaban J connectivity index is 1.34. The van der Waals surface area contributed by atoms with E-state index >= 15 is 0 Å². The quantitative estimate of drug-likeness (QED) is 0.852. The highest BCUT2D eigenvalue weighted by molar-refractivity contribution is 5.92. The summed E-state index contributed by atoms with van der Waals surface area (Å²) in [6.07, 6.45) is 0. The highest BCUT2D eigenvalue weighted by Crippen LogP contribution is 2.32. The first kappa shape index (κ1) is 16.0. The Morgan fingerprint density at radius 3 is 2.68 bits per heavy atom. The smallest absolute Gasteiger partial charge is 0.274 e. The van der Waals surface area contributed by atoms with Crippen molar-refractivity contribution in [2.75, 3.05) is 33.0 Å². The molecule has 7 heteroatoms. The zero-order valence-electron chi connectivity index (χ0n) is 14.6. The summed E-state index contributed by atoms with van der Waals surface area (Å²) in [5.74, 6) is 1.68. The van der Waals surface area contributed by atoms with Crippen molar-refractivity contribution >= 4 is 5.91 Å². The van der Waals surface area contributed by atoms with Crippen LogP contribution in [0.3, 0.4) is 0 Å². The lowest BCUT2D eigenvalue weighted by atomic mass is 10.1. The molecule has 1 aromatic carbocycles. The molecule has 1 amide bonds. The minimum atomic E-state index is 0.0332. The molecule has 4 rings (SSSR count). The van der Waals surface area contributed by atoms with Gasteiger partial charge in [-0.25, -0.2) is 0 Å². The maximum absolute atomic E-state index is 12.6. The number of hydrogen-bond acceptors (Lipinski definition) is 4. The van der Waals surface area contributed by atoms with Crippen molar-refractivity contribution < 1.29 is 19.2 Å². The zero-order chi connectivity index (χ0) is 17.4. The third-order valence-electron chi connectivity index (χ3n) is 4.98. The van der Waals surface area contributed by atoms with Crippen molar-refractivity contribution in [1.82, 2.24) is 14.7 Å². The number of aryl methyl sites for hydroxylation is 2. The summed E-state index contributed by atoms with van der Waals surface area (Å²) in [5, 5.41) is 4.30. The number of ether oxygens (including phenoxy) is 2. The van der Waals surface area contributed by atoms with E-state index in [1.54, 1.807) is 4.68 Å². The first-order valence-corrected chi connectivity index (χ1v) is 8.62. The molecule has 132 valence electrons. The minimum Gasteiger partial charge on any atom is -0.454 e. The Bertz CT molecular complexity index is 774. The topological polar surface area (TPSA) is 61.0 Å². The van der Waals surface area contributed by atoms with Crippen LogP contribution in [-0.2, 0) is 13.6 Å². The van der Waals surface area contributed by atoms with Gasteiger partial charge < -0.3 is 19.3 Å². The predicted octanol–water partition coefficient (Wildman–Crippen LogP) is -0.00188. The summed E-state index contributed by atoms with van der Waals surface area (Å²) in [6.45, 7) is 6.58. The lowest BCUT2D eigenvalue weighted by Crippen LogP contribution is -3.13. The van der Waals surface area contributed by atoms with Crippen LogP contribution in [0, 0.1) is 6.92 Å². The number of carbonyl (C=O) groups excluding carboxylic acids is 1. The second-order valence-electron chi connectivity index (χ2n) is 6.70. The standard InChI is InChI=1S/C18H22N4O3/c1-13-9-15(19-20(13)2)18(23)22-7-5-21(6-8-22)11-14-3-4-16-17(10-14)25-12-24-16/h3-4,9-10H,5-8,11-12H2,1-2H3/p+1. The molecule has 0 bridgehead atoms. The molecule has 1 aromatic heterocycles. The van der Waals surface area contributed by atoms with Crippen molar-refractivity contribution in [2.45, 2.75) is 13.5 Å². The van der Waals surface area contributed by atoms with Crippen LogP contribution in [0.5, 0.6) is 11.5 Å². The lowest BCUT2D eigenvalue weighted by molar-refractivity contribution is -0.917. The molecule has 1 saturated heterocycles. The van der Waals surface area contributed by atoms with Crippen LogP contribution in [0.4, 0.5) is 0 Å². The van der Waals surface area contributed by atoms with Gasteiger partial charge >= 0.3 is 0 Å². The fourth-order valence-electron chi connectivity index (χ4n) is 3.37. The van der Waals surface area contributed by atoms with Crippen LogP contribution in [-0.4, -0.2) is 53.6 Å². The molecule has 0 unspecified atom stereocenters. The molecule has 3 heterocycles. The molecule has 1 fully saturated rings. The van der Waals surface area contributed by atoms with Crippen LogP contribution < -0.4 is 14.4 Å². The van der Waals surface area contributed by atoms with Crippen LogP contribution in [0.25, 0.3) is 0 Å². The van der Waals surface area contributed by atoms with Gasteiger partial charge in [-0.1, -0.05) is 0 Å². The molecule has 0 spiro atoms. The molecule has 0 aliphatic carbocycles. The van der Waals surface area contributed by atoms with Gasteiger partial charge in [0.25, 0.3) is 5.91 Å². The highest BCUT2D eigenvalue weighted by Gasteiger charge is 2.26. The zero-order valence-corrected chi connectivity index (χ0v) is 14.6. The largest absolute Gasteiger partial charge is 0.454 e. The maximum atomic E-state index is 12.6. The van der Waals surface area contributed by atoms with Crippen LogP contribution in [0.1, 0.15) is 21.7 Å². The van der Waals surface area contributed by atoms with Gasteiger partial charge in [-0.3, -0.25) is 9.48 Å². The molecule has 2 aliphatic rings. The number of nitrogens with one attached hydrogen (secondary N) is 1. The van der Waals surface area contributed by atoms with Crippen molar-refractivity contribution in [3.05, 3.63) is 41.2 Å². The minimum absolute atomic E-state index is 0.0332. The van der Waals surface area contributed by atoms with Crippen LogP contribution >= 0.6 is 0 Å².